The molecule has 2 amide bonds. The number of methoxy groups -OCH3 is 1. The van der Waals surface area contributed by atoms with E-state index in [9.17, 15) is 9.59 Å². The van der Waals surface area contributed by atoms with Crippen LogP contribution in [0.2, 0.25) is 0 Å². The van der Waals surface area contributed by atoms with E-state index in [1.165, 1.54) is 6.26 Å². The van der Waals surface area contributed by atoms with Gasteiger partial charge in [-0.3, -0.25) is 14.5 Å². The van der Waals surface area contributed by atoms with Crippen LogP contribution in [0.5, 0.6) is 5.75 Å². The number of nitrogens with zero attached hydrogens (tertiary/aromatic N) is 2. The molecule has 1 N–H and O–H groups in total. The lowest BCUT2D eigenvalue weighted by molar-refractivity contribution is -0.120. The monoisotopic (exact) mass is 371 g/mol. The molecule has 2 heterocycles. The smallest absolute Gasteiger partial charge is 0.289 e. The Hall–Kier alpha value is -2.80. The molecule has 1 aromatic carbocycles. The van der Waals surface area contributed by atoms with E-state index in [0.29, 0.717) is 31.8 Å². The average Bonchev–Trinajstić information content (AvgIpc) is 3.23. The van der Waals surface area contributed by atoms with Crippen LogP contribution in [-0.4, -0.2) is 68.0 Å². The van der Waals surface area contributed by atoms with Crippen LogP contribution in [0.15, 0.2) is 47.1 Å². The number of hydrogen-bond acceptors (Lipinski definition) is 5. The summed E-state index contributed by atoms with van der Waals surface area (Å²) in [6.45, 7) is 4.29. The Morgan fingerprint density at radius 1 is 1.11 bits per heavy atom. The quantitative estimate of drug-likeness (QED) is 0.796. The lowest BCUT2D eigenvalue weighted by Crippen LogP contribution is -2.50. The number of nitrogens with one attached hydrogen (secondary N) is 1. The summed E-state index contributed by atoms with van der Waals surface area (Å²) in [6.07, 6.45) is 1.87. The van der Waals surface area contributed by atoms with Gasteiger partial charge >= 0.3 is 0 Å². The SMILES string of the molecule is COc1ccc(CC(=O)NCCN2CCN(C(=O)c3ccco3)CC2)cc1. The summed E-state index contributed by atoms with van der Waals surface area (Å²) in [5, 5.41) is 2.96. The lowest BCUT2D eigenvalue weighted by Gasteiger charge is -2.34. The minimum atomic E-state index is -0.0626. The van der Waals surface area contributed by atoms with E-state index in [0.717, 1.165) is 30.9 Å². The van der Waals surface area contributed by atoms with Gasteiger partial charge in [0.05, 0.1) is 19.8 Å². The van der Waals surface area contributed by atoms with Gasteiger partial charge in [-0.15, -0.1) is 0 Å². The molecular formula is C20H25N3O4. The van der Waals surface area contributed by atoms with E-state index in [4.69, 9.17) is 9.15 Å². The summed E-state index contributed by atoms with van der Waals surface area (Å²) in [7, 11) is 1.62. The third-order valence-corrected chi connectivity index (χ3v) is 4.67. The number of furan rings is 1. The van der Waals surface area contributed by atoms with Gasteiger partial charge in [-0.05, 0) is 29.8 Å². The second kappa shape index (κ2) is 9.23. The van der Waals surface area contributed by atoms with Crippen molar-refractivity contribution in [2.24, 2.45) is 0 Å². The minimum Gasteiger partial charge on any atom is -0.497 e. The molecule has 0 unspecified atom stereocenters. The van der Waals surface area contributed by atoms with Crippen molar-refractivity contribution in [2.75, 3.05) is 46.4 Å². The summed E-state index contributed by atoms with van der Waals surface area (Å²) >= 11 is 0. The zero-order chi connectivity index (χ0) is 19.1. The first-order chi connectivity index (χ1) is 13.2. The van der Waals surface area contributed by atoms with Gasteiger partial charge in [-0.1, -0.05) is 12.1 Å². The average molecular weight is 371 g/mol. The molecule has 7 nitrogen and oxygen atoms in total. The van der Waals surface area contributed by atoms with Crippen LogP contribution in [0.25, 0.3) is 0 Å². The van der Waals surface area contributed by atoms with Gasteiger partial charge in [0.2, 0.25) is 5.91 Å². The first-order valence-electron chi connectivity index (χ1n) is 9.10. The Morgan fingerprint density at radius 3 is 2.48 bits per heavy atom. The fraction of sp³-hybridized carbons (Fsp3) is 0.400. The molecule has 0 bridgehead atoms. The van der Waals surface area contributed by atoms with Crippen LogP contribution in [-0.2, 0) is 11.2 Å². The molecule has 0 atom stereocenters. The number of rotatable bonds is 7. The van der Waals surface area contributed by atoms with Crippen molar-refractivity contribution >= 4 is 11.8 Å². The summed E-state index contributed by atoms with van der Waals surface area (Å²) in [4.78, 5) is 28.3. The molecule has 27 heavy (non-hydrogen) atoms. The zero-order valence-corrected chi connectivity index (χ0v) is 15.5. The molecule has 1 aromatic heterocycles. The van der Waals surface area contributed by atoms with E-state index in [-0.39, 0.29) is 11.8 Å². The van der Waals surface area contributed by atoms with E-state index in [2.05, 4.69) is 10.2 Å². The van der Waals surface area contributed by atoms with Gasteiger partial charge in [-0.2, -0.15) is 0 Å². The second-order valence-corrected chi connectivity index (χ2v) is 6.49. The van der Waals surface area contributed by atoms with E-state index < -0.39 is 0 Å². The fourth-order valence-corrected chi connectivity index (χ4v) is 3.08. The highest BCUT2D eigenvalue weighted by molar-refractivity contribution is 5.91. The summed E-state index contributed by atoms with van der Waals surface area (Å²) in [5.41, 5.74) is 0.957. The van der Waals surface area contributed by atoms with Gasteiger partial charge in [0.1, 0.15) is 5.75 Å². The number of ether oxygens (including phenoxy) is 1. The van der Waals surface area contributed by atoms with Crippen molar-refractivity contribution < 1.29 is 18.7 Å². The fourth-order valence-electron chi connectivity index (χ4n) is 3.08. The van der Waals surface area contributed by atoms with Gasteiger partial charge in [0.25, 0.3) is 5.91 Å². The number of piperazine rings is 1. The van der Waals surface area contributed by atoms with Crippen LogP contribution in [0.4, 0.5) is 0 Å². The van der Waals surface area contributed by atoms with Crippen LogP contribution in [0.1, 0.15) is 16.1 Å². The van der Waals surface area contributed by atoms with Gasteiger partial charge in [0.15, 0.2) is 5.76 Å². The highest BCUT2D eigenvalue weighted by Gasteiger charge is 2.23. The van der Waals surface area contributed by atoms with Gasteiger partial charge in [0, 0.05) is 39.3 Å². The molecule has 7 heteroatoms. The normalized spacial score (nSPS) is 14.8. The van der Waals surface area contributed by atoms with Crippen LogP contribution >= 0.6 is 0 Å². The summed E-state index contributed by atoms with van der Waals surface area (Å²) in [5.74, 6) is 1.11. The summed E-state index contributed by atoms with van der Waals surface area (Å²) in [6, 6.07) is 10.9. The van der Waals surface area contributed by atoms with E-state index >= 15 is 0 Å². The Kier molecular flexibility index (Phi) is 6.49. The topological polar surface area (TPSA) is 75.0 Å². The molecule has 2 aromatic rings. The maximum atomic E-state index is 12.2. The summed E-state index contributed by atoms with van der Waals surface area (Å²) < 4.78 is 10.3. The van der Waals surface area contributed by atoms with Crippen molar-refractivity contribution in [1.29, 1.82) is 0 Å². The molecule has 1 saturated heterocycles. The molecule has 0 saturated carbocycles. The Morgan fingerprint density at radius 2 is 1.85 bits per heavy atom. The van der Waals surface area contributed by atoms with Crippen LogP contribution < -0.4 is 10.1 Å². The first-order valence-corrected chi connectivity index (χ1v) is 9.10. The molecule has 0 radical (unpaired) electrons. The molecule has 1 aliphatic rings. The van der Waals surface area contributed by atoms with Crippen molar-refractivity contribution in [3.8, 4) is 5.75 Å². The molecule has 1 aliphatic heterocycles. The Bertz CT molecular complexity index is 735. The highest BCUT2D eigenvalue weighted by Crippen LogP contribution is 2.12. The van der Waals surface area contributed by atoms with E-state index in [1.807, 2.05) is 24.3 Å². The highest BCUT2D eigenvalue weighted by atomic mass is 16.5. The lowest BCUT2D eigenvalue weighted by atomic mass is 10.1. The number of benzene rings is 1. The number of amides is 2. The van der Waals surface area contributed by atoms with Crippen LogP contribution in [0.3, 0.4) is 0 Å². The maximum Gasteiger partial charge on any atom is 0.289 e. The van der Waals surface area contributed by atoms with Crippen molar-refractivity contribution in [2.45, 2.75) is 6.42 Å². The van der Waals surface area contributed by atoms with E-state index in [1.54, 1.807) is 24.1 Å². The second-order valence-electron chi connectivity index (χ2n) is 6.49. The maximum absolute atomic E-state index is 12.2. The predicted molar refractivity (Wildman–Crippen MR) is 101 cm³/mol. The van der Waals surface area contributed by atoms with Crippen molar-refractivity contribution in [3.05, 3.63) is 54.0 Å². The predicted octanol–water partition coefficient (Wildman–Crippen LogP) is 1.40. The van der Waals surface area contributed by atoms with Gasteiger partial charge < -0.3 is 19.4 Å². The number of carbonyl (C=O) groups excluding carboxylic acids is 2. The molecule has 0 spiro atoms. The number of carbonyl (C=O) groups is 2. The van der Waals surface area contributed by atoms with Gasteiger partial charge in [-0.25, -0.2) is 0 Å². The molecule has 0 aliphatic carbocycles. The third kappa shape index (κ3) is 5.34. The Labute approximate surface area is 158 Å². The van der Waals surface area contributed by atoms with Crippen LogP contribution in [0, 0.1) is 0 Å². The minimum absolute atomic E-state index is 0.00630. The largest absolute Gasteiger partial charge is 0.497 e. The standard InChI is InChI=1S/C20H25N3O4/c1-26-17-6-4-16(5-7-17)15-19(24)21-8-9-22-10-12-23(13-11-22)20(25)18-3-2-14-27-18/h2-7,14H,8-13,15H2,1H3,(H,21,24). The molecule has 144 valence electrons. The molecular weight excluding hydrogens is 346 g/mol. The Balaban J connectivity index is 1.34. The molecule has 3 rings (SSSR count). The van der Waals surface area contributed by atoms with Crippen molar-refractivity contribution in [1.82, 2.24) is 15.1 Å². The number of hydrogen-bond donors (Lipinski definition) is 1. The first kappa shape index (κ1) is 19.0. The third-order valence-electron chi connectivity index (χ3n) is 4.67. The van der Waals surface area contributed by atoms with Crippen molar-refractivity contribution in [3.63, 3.8) is 0 Å². The molecule has 1 fully saturated rings. The zero-order valence-electron chi connectivity index (χ0n) is 15.5.